The van der Waals surface area contributed by atoms with Crippen LogP contribution in [0.15, 0.2) is 24.3 Å². The van der Waals surface area contributed by atoms with Gasteiger partial charge in [0, 0.05) is 11.6 Å². The minimum atomic E-state index is -0.148. The zero-order chi connectivity index (χ0) is 15.1. The first-order valence-corrected chi connectivity index (χ1v) is 7.87. The molecule has 0 amide bonds. The molecule has 0 saturated heterocycles. The van der Waals surface area contributed by atoms with Crippen LogP contribution in [0.2, 0.25) is 0 Å². The van der Waals surface area contributed by atoms with Crippen LogP contribution in [-0.4, -0.2) is 37.0 Å². The number of benzene rings is 1. The molecule has 1 aliphatic rings. The Morgan fingerprint density at radius 3 is 2.57 bits per heavy atom. The first-order chi connectivity index (χ1) is 10.2. The molecular weight excluding hydrogens is 266 g/mol. The fraction of sp³-hybridized carbons (Fsp3) is 0.647. The van der Waals surface area contributed by atoms with Gasteiger partial charge in [-0.15, -0.1) is 0 Å². The van der Waals surface area contributed by atoms with E-state index >= 15 is 0 Å². The first-order valence-electron chi connectivity index (χ1n) is 7.87. The number of hydrogen-bond acceptors (Lipinski definition) is 4. The summed E-state index contributed by atoms with van der Waals surface area (Å²) in [6, 6.07) is 8.29. The summed E-state index contributed by atoms with van der Waals surface area (Å²) >= 11 is 0. The normalized spacial score (nSPS) is 17.3. The van der Waals surface area contributed by atoms with E-state index in [-0.39, 0.29) is 12.1 Å². The highest BCUT2D eigenvalue weighted by Gasteiger charge is 2.33. The number of rotatable bonds is 10. The van der Waals surface area contributed by atoms with Crippen molar-refractivity contribution < 1.29 is 14.6 Å². The second kappa shape index (κ2) is 7.66. The number of aliphatic hydroxyl groups excluding tert-OH is 1. The van der Waals surface area contributed by atoms with Crippen molar-refractivity contribution in [2.75, 3.05) is 20.3 Å². The quantitative estimate of drug-likeness (QED) is 0.651. The number of hydrogen-bond donors (Lipinski definition) is 2. The highest BCUT2D eigenvalue weighted by molar-refractivity contribution is 5.39. The van der Waals surface area contributed by atoms with Gasteiger partial charge in [0.2, 0.25) is 0 Å². The zero-order valence-electron chi connectivity index (χ0n) is 13.1. The summed E-state index contributed by atoms with van der Waals surface area (Å²) in [6.07, 6.45) is 5.24. The molecule has 0 heterocycles. The molecule has 2 N–H and O–H groups in total. The van der Waals surface area contributed by atoms with E-state index in [4.69, 9.17) is 9.47 Å². The fourth-order valence-electron chi connectivity index (χ4n) is 2.58. The third-order valence-electron chi connectivity index (χ3n) is 4.19. The molecule has 0 aliphatic heterocycles. The van der Waals surface area contributed by atoms with Crippen molar-refractivity contribution in [3.05, 3.63) is 24.3 Å². The molecule has 4 nitrogen and oxygen atoms in total. The minimum Gasteiger partial charge on any atom is -0.493 e. The molecule has 1 saturated carbocycles. The Labute approximate surface area is 127 Å². The maximum atomic E-state index is 9.73. The lowest BCUT2D eigenvalue weighted by molar-refractivity contribution is 0.135. The topological polar surface area (TPSA) is 50.7 Å². The van der Waals surface area contributed by atoms with E-state index in [1.807, 2.05) is 24.3 Å². The van der Waals surface area contributed by atoms with Gasteiger partial charge in [-0.05, 0) is 44.2 Å². The maximum absolute atomic E-state index is 9.73. The highest BCUT2D eigenvalue weighted by Crippen LogP contribution is 2.28. The number of ether oxygens (including phenoxy) is 2. The van der Waals surface area contributed by atoms with Crippen LogP contribution in [0.3, 0.4) is 0 Å². The molecule has 1 atom stereocenters. The van der Waals surface area contributed by atoms with Crippen molar-refractivity contribution in [2.24, 2.45) is 0 Å². The third-order valence-corrected chi connectivity index (χ3v) is 4.19. The van der Waals surface area contributed by atoms with Gasteiger partial charge in [0.25, 0.3) is 0 Å². The molecule has 1 aromatic rings. The molecule has 2 rings (SSSR count). The summed E-state index contributed by atoms with van der Waals surface area (Å²) in [4.78, 5) is 0. The lowest BCUT2D eigenvalue weighted by Gasteiger charge is -2.32. The molecule has 1 fully saturated rings. The van der Waals surface area contributed by atoms with E-state index in [2.05, 4.69) is 12.2 Å². The number of aliphatic hydroxyl groups is 1. The molecular formula is C17H27NO3. The average molecular weight is 293 g/mol. The van der Waals surface area contributed by atoms with E-state index in [9.17, 15) is 5.11 Å². The van der Waals surface area contributed by atoms with Crippen molar-refractivity contribution in [1.82, 2.24) is 5.32 Å². The van der Waals surface area contributed by atoms with Crippen molar-refractivity contribution in [3.8, 4) is 11.5 Å². The summed E-state index contributed by atoms with van der Waals surface area (Å²) in [5.41, 5.74) is -0.148. The summed E-state index contributed by atoms with van der Waals surface area (Å²) in [6.45, 7) is 2.95. The molecule has 118 valence electrons. The van der Waals surface area contributed by atoms with E-state index in [0.29, 0.717) is 12.6 Å². The number of para-hydroxylation sites is 2. The molecule has 4 heteroatoms. The summed E-state index contributed by atoms with van der Waals surface area (Å²) in [5, 5.41) is 13.3. The minimum absolute atomic E-state index is 0.148. The molecule has 1 aromatic carbocycles. The van der Waals surface area contributed by atoms with Crippen LogP contribution < -0.4 is 14.8 Å². The first kappa shape index (κ1) is 16.1. The molecule has 0 bridgehead atoms. The second-order valence-electron chi connectivity index (χ2n) is 5.81. The van der Waals surface area contributed by atoms with Crippen LogP contribution in [0.1, 0.15) is 39.0 Å². The predicted molar refractivity (Wildman–Crippen MR) is 84.0 cm³/mol. The largest absolute Gasteiger partial charge is 0.493 e. The van der Waals surface area contributed by atoms with Crippen LogP contribution in [0.5, 0.6) is 11.5 Å². The SMILES string of the molecule is CCC(CO)(CCCOc1ccccc1OC)NC1CC1. The fourth-order valence-corrected chi connectivity index (χ4v) is 2.58. The van der Waals surface area contributed by atoms with Gasteiger partial charge >= 0.3 is 0 Å². The summed E-state index contributed by atoms with van der Waals surface area (Å²) in [7, 11) is 1.65. The highest BCUT2D eigenvalue weighted by atomic mass is 16.5. The van der Waals surface area contributed by atoms with Gasteiger partial charge in [0.1, 0.15) is 0 Å². The Bertz CT molecular complexity index is 428. The van der Waals surface area contributed by atoms with Crippen molar-refractivity contribution in [2.45, 2.75) is 50.6 Å². The molecule has 0 aromatic heterocycles. The van der Waals surface area contributed by atoms with E-state index in [1.165, 1.54) is 12.8 Å². The Morgan fingerprint density at radius 1 is 1.29 bits per heavy atom. The monoisotopic (exact) mass is 293 g/mol. The smallest absolute Gasteiger partial charge is 0.161 e. The van der Waals surface area contributed by atoms with Crippen molar-refractivity contribution >= 4 is 0 Å². The Hall–Kier alpha value is -1.26. The Balaban J connectivity index is 1.79. The van der Waals surface area contributed by atoms with Crippen molar-refractivity contribution in [1.29, 1.82) is 0 Å². The van der Waals surface area contributed by atoms with Gasteiger partial charge in [0.05, 0.1) is 20.3 Å². The van der Waals surface area contributed by atoms with Crippen LogP contribution in [0.4, 0.5) is 0 Å². The van der Waals surface area contributed by atoms with Crippen LogP contribution in [-0.2, 0) is 0 Å². The van der Waals surface area contributed by atoms with Gasteiger partial charge < -0.3 is 19.9 Å². The molecule has 1 unspecified atom stereocenters. The molecule has 0 radical (unpaired) electrons. The predicted octanol–water partition coefficient (Wildman–Crippen LogP) is 2.75. The number of methoxy groups -OCH3 is 1. The number of nitrogens with one attached hydrogen (secondary N) is 1. The third kappa shape index (κ3) is 4.61. The zero-order valence-corrected chi connectivity index (χ0v) is 13.1. The van der Waals surface area contributed by atoms with Gasteiger partial charge in [-0.1, -0.05) is 19.1 Å². The second-order valence-corrected chi connectivity index (χ2v) is 5.81. The van der Waals surface area contributed by atoms with E-state index in [1.54, 1.807) is 7.11 Å². The van der Waals surface area contributed by atoms with Gasteiger partial charge in [-0.2, -0.15) is 0 Å². The lowest BCUT2D eigenvalue weighted by Crippen LogP contribution is -2.49. The molecule has 0 spiro atoms. The van der Waals surface area contributed by atoms with Crippen LogP contribution >= 0.6 is 0 Å². The lowest BCUT2D eigenvalue weighted by atomic mass is 9.91. The standard InChI is InChI=1S/C17H27NO3/c1-3-17(13-19,18-14-9-10-14)11-6-12-21-16-8-5-4-7-15(16)20-2/h4-5,7-8,14,18-19H,3,6,9-13H2,1-2H3. The molecule has 1 aliphatic carbocycles. The summed E-state index contributed by atoms with van der Waals surface area (Å²) < 4.78 is 11.1. The van der Waals surface area contributed by atoms with Crippen molar-refractivity contribution in [3.63, 3.8) is 0 Å². The van der Waals surface area contributed by atoms with Gasteiger partial charge in [-0.3, -0.25) is 0 Å². The summed E-state index contributed by atoms with van der Waals surface area (Å²) in [5.74, 6) is 1.54. The maximum Gasteiger partial charge on any atom is 0.161 e. The Kier molecular flexibility index (Phi) is 5.88. The molecule has 21 heavy (non-hydrogen) atoms. The van der Waals surface area contributed by atoms with Crippen LogP contribution in [0, 0.1) is 0 Å². The van der Waals surface area contributed by atoms with E-state index in [0.717, 1.165) is 30.8 Å². The average Bonchev–Trinajstić information content (AvgIpc) is 3.34. The van der Waals surface area contributed by atoms with E-state index < -0.39 is 0 Å². The van der Waals surface area contributed by atoms with Crippen LogP contribution in [0.25, 0.3) is 0 Å². The van der Waals surface area contributed by atoms with Gasteiger partial charge in [0.15, 0.2) is 11.5 Å². The van der Waals surface area contributed by atoms with Gasteiger partial charge in [-0.25, -0.2) is 0 Å². The Morgan fingerprint density at radius 2 is 2.00 bits per heavy atom.